The minimum atomic E-state index is -0.358. The van der Waals surface area contributed by atoms with Crippen molar-refractivity contribution in [1.29, 1.82) is 5.41 Å². The summed E-state index contributed by atoms with van der Waals surface area (Å²) in [7, 11) is 0. The summed E-state index contributed by atoms with van der Waals surface area (Å²) in [5.74, 6) is 0.550. The topological polar surface area (TPSA) is 68.9 Å². The molecule has 1 aromatic carbocycles. The van der Waals surface area contributed by atoms with Crippen LogP contribution in [0.4, 0.5) is 0 Å². The number of aryl methyl sites for hydroxylation is 1. The van der Waals surface area contributed by atoms with Gasteiger partial charge in [0.05, 0.1) is 5.57 Å². The molecular formula is C21H24N4OS. The fourth-order valence-electron chi connectivity index (χ4n) is 3.77. The second-order valence-electron chi connectivity index (χ2n) is 7.47. The Morgan fingerprint density at radius 3 is 2.70 bits per heavy atom. The van der Waals surface area contributed by atoms with Gasteiger partial charge < -0.3 is 0 Å². The molecule has 0 aromatic heterocycles. The van der Waals surface area contributed by atoms with Crippen molar-refractivity contribution in [3.05, 3.63) is 41.0 Å². The van der Waals surface area contributed by atoms with Crippen molar-refractivity contribution in [3.8, 4) is 0 Å². The number of amides is 1. The number of nitrogens with zero attached hydrogens (tertiary/aromatic N) is 3. The standard InChI is InChI=1S/C21H24N4OS/c1-14-7-9-16(10-8-14)13-17-19(22)25-21(23-20(17)26)27-18(24-25)12-11-15-5-3-2-4-6-15/h7-10,13,15,22H,2-6,11-12H2,1H3/b17-13+,22-19?. The molecule has 0 bridgehead atoms. The molecule has 0 radical (unpaired) electrons. The van der Waals surface area contributed by atoms with Gasteiger partial charge in [-0.3, -0.25) is 10.2 Å². The lowest BCUT2D eigenvalue weighted by Crippen LogP contribution is -2.35. The van der Waals surface area contributed by atoms with Gasteiger partial charge in [-0.05, 0) is 49.1 Å². The maximum atomic E-state index is 12.4. The number of rotatable bonds is 4. The molecule has 4 rings (SSSR count). The van der Waals surface area contributed by atoms with Gasteiger partial charge in [0.25, 0.3) is 5.91 Å². The summed E-state index contributed by atoms with van der Waals surface area (Å²) < 4.78 is 0. The molecule has 140 valence electrons. The van der Waals surface area contributed by atoms with Crippen molar-refractivity contribution < 1.29 is 4.79 Å². The van der Waals surface area contributed by atoms with E-state index in [1.54, 1.807) is 6.08 Å². The summed E-state index contributed by atoms with van der Waals surface area (Å²) in [4.78, 5) is 16.6. The molecule has 6 heteroatoms. The first kappa shape index (κ1) is 18.2. The van der Waals surface area contributed by atoms with Crippen LogP contribution in [0.25, 0.3) is 6.08 Å². The van der Waals surface area contributed by atoms with E-state index in [0.29, 0.717) is 10.7 Å². The number of amidine groups is 2. The largest absolute Gasteiger partial charge is 0.283 e. The molecule has 3 aliphatic rings. The Balaban J connectivity index is 1.48. The molecule has 2 aliphatic heterocycles. The third-order valence-electron chi connectivity index (χ3n) is 5.38. The van der Waals surface area contributed by atoms with Crippen molar-refractivity contribution in [2.75, 3.05) is 0 Å². The number of aliphatic imine (C=N–C) groups is 1. The highest BCUT2D eigenvalue weighted by molar-refractivity contribution is 8.26. The summed E-state index contributed by atoms with van der Waals surface area (Å²) in [6.07, 6.45) is 10.5. The summed E-state index contributed by atoms with van der Waals surface area (Å²) in [5.41, 5.74) is 2.34. The number of hydrazone groups is 1. The Hall–Kier alpha value is -2.21. The summed E-state index contributed by atoms with van der Waals surface area (Å²) in [6.45, 7) is 2.02. The summed E-state index contributed by atoms with van der Waals surface area (Å²) in [5, 5.41) is 16.0. The maximum Gasteiger partial charge on any atom is 0.283 e. The average Bonchev–Trinajstić information content (AvgIpc) is 3.09. The van der Waals surface area contributed by atoms with Crippen LogP contribution in [0.2, 0.25) is 0 Å². The Bertz CT molecular complexity index is 847. The predicted octanol–water partition coefficient (Wildman–Crippen LogP) is 4.97. The van der Waals surface area contributed by atoms with Gasteiger partial charge in [-0.2, -0.15) is 15.1 Å². The van der Waals surface area contributed by atoms with Crippen LogP contribution in [-0.4, -0.2) is 27.0 Å². The van der Waals surface area contributed by atoms with E-state index < -0.39 is 0 Å². The number of hydrogen-bond acceptors (Lipinski definition) is 4. The number of nitrogens with one attached hydrogen (secondary N) is 1. The Kier molecular flexibility index (Phi) is 5.25. The van der Waals surface area contributed by atoms with Crippen LogP contribution in [0.5, 0.6) is 0 Å². The Morgan fingerprint density at radius 2 is 1.96 bits per heavy atom. The number of hydrogen-bond donors (Lipinski definition) is 1. The van der Waals surface area contributed by atoms with Gasteiger partial charge in [-0.25, -0.2) is 0 Å². The smallest absolute Gasteiger partial charge is 0.282 e. The van der Waals surface area contributed by atoms with Crippen molar-refractivity contribution in [2.45, 2.75) is 51.9 Å². The van der Waals surface area contributed by atoms with Gasteiger partial charge >= 0.3 is 0 Å². The van der Waals surface area contributed by atoms with E-state index in [4.69, 9.17) is 5.41 Å². The highest BCUT2D eigenvalue weighted by Gasteiger charge is 2.35. The normalized spacial score (nSPS) is 22.1. The van der Waals surface area contributed by atoms with Crippen LogP contribution in [0.1, 0.15) is 56.1 Å². The average molecular weight is 381 g/mol. The fraction of sp³-hybridized carbons (Fsp3) is 0.429. The van der Waals surface area contributed by atoms with Crippen LogP contribution >= 0.6 is 11.8 Å². The van der Waals surface area contributed by atoms with Crippen LogP contribution < -0.4 is 0 Å². The zero-order valence-corrected chi connectivity index (χ0v) is 16.4. The molecule has 5 nitrogen and oxygen atoms in total. The van der Waals surface area contributed by atoms with Crippen LogP contribution in [0.3, 0.4) is 0 Å². The molecule has 27 heavy (non-hydrogen) atoms. The molecule has 0 spiro atoms. The summed E-state index contributed by atoms with van der Waals surface area (Å²) in [6, 6.07) is 7.87. The molecule has 1 amide bonds. The number of thioether (sulfide) groups is 1. The highest BCUT2D eigenvalue weighted by Crippen LogP contribution is 2.33. The molecule has 1 saturated carbocycles. The third-order valence-corrected chi connectivity index (χ3v) is 6.34. The molecule has 0 unspecified atom stereocenters. The first-order chi connectivity index (χ1) is 13.1. The lowest BCUT2D eigenvalue weighted by Gasteiger charge is -2.20. The molecule has 1 aromatic rings. The van der Waals surface area contributed by atoms with Gasteiger partial charge in [0, 0.05) is 0 Å². The number of carbonyl (C=O) groups is 1. The quantitative estimate of drug-likeness (QED) is 0.749. The molecular weight excluding hydrogens is 356 g/mol. The van der Waals surface area contributed by atoms with Crippen LogP contribution in [0.15, 0.2) is 39.9 Å². The predicted molar refractivity (Wildman–Crippen MR) is 112 cm³/mol. The van der Waals surface area contributed by atoms with E-state index in [2.05, 4.69) is 10.1 Å². The van der Waals surface area contributed by atoms with E-state index in [-0.39, 0.29) is 11.7 Å². The SMILES string of the molecule is Cc1ccc(/C=C2\C(=N)N3N=C(CCC4CCCCC4)SC3=NC2=O)cc1. The second kappa shape index (κ2) is 7.80. The van der Waals surface area contributed by atoms with E-state index in [1.165, 1.54) is 48.9 Å². The third kappa shape index (κ3) is 4.05. The Morgan fingerprint density at radius 1 is 1.22 bits per heavy atom. The molecule has 1 N–H and O–H groups in total. The van der Waals surface area contributed by atoms with Gasteiger partial charge in [-0.15, -0.1) is 0 Å². The molecule has 0 atom stereocenters. The second-order valence-corrected chi connectivity index (χ2v) is 8.51. The van der Waals surface area contributed by atoms with E-state index >= 15 is 0 Å². The van der Waals surface area contributed by atoms with Gasteiger partial charge in [-0.1, -0.05) is 61.9 Å². The molecule has 1 aliphatic carbocycles. The van der Waals surface area contributed by atoms with E-state index in [0.717, 1.165) is 34.9 Å². The first-order valence-electron chi connectivity index (χ1n) is 9.66. The lowest BCUT2D eigenvalue weighted by molar-refractivity contribution is -0.114. The molecule has 0 saturated heterocycles. The van der Waals surface area contributed by atoms with Crippen molar-refractivity contribution in [2.24, 2.45) is 16.0 Å². The number of carbonyl (C=O) groups excluding carboxylic acids is 1. The van der Waals surface area contributed by atoms with Gasteiger partial charge in [0.2, 0.25) is 5.17 Å². The Labute approximate surface area is 164 Å². The van der Waals surface area contributed by atoms with Crippen LogP contribution in [-0.2, 0) is 4.79 Å². The van der Waals surface area contributed by atoms with Crippen molar-refractivity contribution in [1.82, 2.24) is 5.01 Å². The van der Waals surface area contributed by atoms with Crippen molar-refractivity contribution >= 4 is 39.8 Å². The minimum Gasteiger partial charge on any atom is -0.282 e. The fourth-order valence-corrected chi connectivity index (χ4v) is 4.67. The zero-order chi connectivity index (χ0) is 18.8. The molecule has 1 fully saturated rings. The maximum absolute atomic E-state index is 12.4. The van der Waals surface area contributed by atoms with Crippen molar-refractivity contribution in [3.63, 3.8) is 0 Å². The van der Waals surface area contributed by atoms with E-state index in [1.807, 2.05) is 31.2 Å². The highest BCUT2D eigenvalue weighted by atomic mass is 32.2. The first-order valence-corrected chi connectivity index (χ1v) is 10.5. The lowest BCUT2D eigenvalue weighted by atomic mass is 9.86. The van der Waals surface area contributed by atoms with Gasteiger partial charge in [0.15, 0.2) is 5.84 Å². The van der Waals surface area contributed by atoms with E-state index in [9.17, 15) is 4.79 Å². The monoisotopic (exact) mass is 380 g/mol. The zero-order valence-electron chi connectivity index (χ0n) is 15.6. The van der Waals surface area contributed by atoms with Crippen LogP contribution in [0, 0.1) is 18.3 Å². The minimum absolute atomic E-state index is 0.116. The molecule has 2 heterocycles. The summed E-state index contributed by atoms with van der Waals surface area (Å²) >= 11 is 1.44. The number of fused-ring (bicyclic) bond motifs is 1. The van der Waals surface area contributed by atoms with Gasteiger partial charge in [0.1, 0.15) is 5.04 Å². The number of benzene rings is 1.